The smallest absolute Gasteiger partial charge is 0.138 e. The van der Waals surface area contributed by atoms with Crippen molar-refractivity contribution in [2.45, 2.75) is 6.92 Å². The molecule has 0 aliphatic carbocycles. The molecule has 0 unspecified atom stereocenters. The normalized spacial score (nSPS) is 11.2. The SMILES string of the molecule is Cc1cccc(-c2ccc3oc4ccncc4c3c2)c1. The highest BCUT2D eigenvalue weighted by Gasteiger charge is 2.08. The molecule has 0 aliphatic rings. The molecule has 0 saturated carbocycles. The summed E-state index contributed by atoms with van der Waals surface area (Å²) in [4.78, 5) is 4.19. The van der Waals surface area contributed by atoms with Crippen LogP contribution >= 0.6 is 0 Å². The predicted molar refractivity (Wildman–Crippen MR) is 81.7 cm³/mol. The van der Waals surface area contributed by atoms with Gasteiger partial charge in [-0.15, -0.1) is 0 Å². The van der Waals surface area contributed by atoms with Gasteiger partial charge < -0.3 is 4.42 Å². The van der Waals surface area contributed by atoms with E-state index in [1.165, 1.54) is 16.7 Å². The first-order chi connectivity index (χ1) is 9.81. The Morgan fingerprint density at radius 3 is 2.60 bits per heavy atom. The van der Waals surface area contributed by atoms with Crippen LogP contribution in [0, 0.1) is 6.92 Å². The zero-order valence-corrected chi connectivity index (χ0v) is 11.1. The Bertz CT molecular complexity index is 921. The summed E-state index contributed by atoms with van der Waals surface area (Å²) < 4.78 is 5.83. The van der Waals surface area contributed by atoms with Crippen molar-refractivity contribution in [1.82, 2.24) is 4.98 Å². The standard InChI is InChI=1S/C18H13NO/c1-12-3-2-4-13(9-12)14-5-6-17-15(10-14)16-11-19-8-7-18(16)20-17/h2-11H,1H3. The Balaban J connectivity index is 2.00. The summed E-state index contributed by atoms with van der Waals surface area (Å²) >= 11 is 0. The minimum atomic E-state index is 0.886. The number of aromatic nitrogens is 1. The Labute approximate surface area is 116 Å². The van der Waals surface area contributed by atoms with Crippen LogP contribution in [0.3, 0.4) is 0 Å². The molecule has 2 aromatic heterocycles. The number of hydrogen-bond donors (Lipinski definition) is 0. The van der Waals surface area contributed by atoms with Crippen molar-refractivity contribution in [3.8, 4) is 11.1 Å². The third-order valence-corrected chi connectivity index (χ3v) is 3.62. The molecule has 0 atom stereocenters. The van der Waals surface area contributed by atoms with Crippen molar-refractivity contribution in [1.29, 1.82) is 0 Å². The molecule has 0 saturated heterocycles. The number of nitrogens with zero attached hydrogens (tertiary/aromatic N) is 1. The van der Waals surface area contributed by atoms with E-state index in [1.807, 2.05) is 18.3 Å². The van der Waals surface area contributed by atoms with E-state index in [4.69, 9.17) is 4.42 Å². The number of pyridine rings is 1. The van der Waals surface area contributed by atoms with Gasteiger partial charge >= 0.3 is 0 Å². The monoisotopic (exact) mass is 259 g/mol. The van der Waals surface area contributed by atoms with Crippen LogP contribution in [0.1, 0.15) is 5.56 Å². The first kappa shape index (κ1) is 11.2. The second-order valence-corrected chi connectivity index (χ2v) is 5.05. The lowest BCUT2D eigenvalue weighted by atomic mass is 10.0. The molecule has 20 heavy (non-hydrogen) atoms. The van der Waals surface area contributed by atoms with E-state index < -0.39 is 0 Å². The van der Waals surface area contributed by atoms with E-state index >= 15 is 0 Å². The summed E-state index contributed by atoms with van der Waals surface area (Å²) in [6.07, 6.45) is 3.62. The fraction of sp³-hybridized carbons (Fsp3) is 0.0556. The molecule has 0 N–H and O–H groups in total. The van der Waals surface area contributed by atoms with Gasteiger partial charge in [-0.05, 0) is 36.2 Å². The molecule has 2 heterocycles. The zero-order chi connectivity index (χ0) is 13.5. The van der Waals surface area contributed by atoms with Crippen LogP contribution in [-0.4, -0.2) is 4.98 Å². The van der Waals surface area contributed by atoms with Gasteiger partial charge in [0.05, 0.1) is 0 Å². The lowest BCUT2D eigenvalue weighted by molar-refractivity contribution is 0.668. The van der Waals surface area contributed by atoms with Gasteiger partial charge in [0.1, 0.15) is 11.2 Å². The Hall–Kier alpha value is -2.61. The van der Waals surface area contributed by atoms with Crippen LogP contribution in [0.15, 0.2) is 65.3 Å². The first-order valence-electron chi connectivity index (χ1n) is 6.64. The van der Waals surface area contributed by atoms with Crippen LogP contribution in [0.4, 0.5) is 0 Å². The highest BCUT2D eigenvalue weighted by molar-refractivity contribution is 6.05. The fourth-order valence-corrected chi connectivity index (χ4v) is 2.63. The number of aryl methyl sites for hydroxylation is 1. The maximum Gasteiger partial charge on any atom is 0.138 e. The molecule has 0 spiro atoms. The summed E-state index contributed by atoms with van der Waals surface area (Å²) in [6.45, 7) is 2.11. The predicted octanol–water partition coefficient (Wildman–Crippen LogP) is 4.96. The number of hydrogen-bond acceptors (Lipinski definition) is 2. The molecule has 4 rings (SSSR count). The van der Waals surface area contributed by atoms with Crippen molar-refractivity contribution >= 4 is 21.9 Å². The average molecular weight is 259 g/mol. The fourth-order valence-electron chi connectivity index (χ4n) is 2.63. The average Bonchev–Trinajstić information content (AvgIpc) is 2.85. The largest absolute Gasteiger partial charge is 0.456 e. The molecule has 0 amide bonds. The first-order valence-corrected chi connectivity index (χ1v) is 6.64. The van der Waals surface area contributed by atoms with Gasteiger partial charge in [-0.25, -0.2) is 0 Å². The van der Waals surface area contributed by atoms with Gasteiger partial charge in [0.25, 0.3) is 0 Å². The molecular weight excluding hydrogens is 246 g/mol. The molecule has 0 fully saturated rings. The maximum atomic E-state index is 5.83. The highest BCUT2D eigenvalue weighted by Crippen LogP contribution is 2.31. The molecule has 0 radical (unpaired) electrons. The van der Waals surface area contributed by atoms with Gasteiger partial charge in [0, 0.05) is 23.2 Å². The van der Waals surface area contributed by atoms with E-state index in [0.29, 0.717) is 0 Å². The van der Waals surface area contributed by atoms with Crippen molar-refractivity contribution in [3.05, 3.63) is 66.5 Å². The van der Waals surface area contributed by atoms with E-state index in [0.717, 1.165) is 21.9 Å². The van der Waals surface area contributed by atoms with Gasteiger partial charge in [-0.2, -0.15) is 0 Å². The van der Waals surface area contributed by atoms with Gasteiger partial charge in [0.2, 0.25) is 0 Å². The van der Waals surface area contributed by atoms with Crippen LogP contribution in [0.25, 0.3) is 33.1 Å². The van der Waals surface area contributed by atoms with E-state index in [9.17, 15) is 0 Å². The molecular formula is C18H13NO. The Morgan fingerprint density at radius 1 is 0.850 bits per heavy atom. The number of rotatable bonds is 1. The van der Waals surface area contributed by atoms with Crippen LogP contribution in [0.2, 0.25) is 0 Å². The second kappa shape index (κ2) is 4.20. The number of furan rings is 1. The molecule has 2 nitrogen and oxygen atoms in total. The number of benzene rings is 2. The van der Waals surface area contributed by atoms with Crippen molar-refractivity contribution in [2.24, 2.45) is 0 Å². The number of fused-ring (bicyclic) bond motifs is 3. The van der Waals surface area contributed by atoms with Crippen LogP contribution < -0.4 is 0 Å². The van der Waals surface area contributed by atoms with Crippen molar-refractivity contribution in [3.63, 3.8) is 0 Å². The quantitative estimate of drug-likeness (QED) is 0.483. The maximum absolute atomic E-state index is 5.83. The molecule has 0 bridgehead atoms. The topological polar surface area (TPSA) is 26.0 Å². The minimum Gasteiger partial charge on any atom is -0.456 e. The Kier molecular flexibility index (Phi) is 2.36. The second-order valence-electron chi connectivity index (χ2n) is 5.05. The summed E-state index contributed by atoms with van der Waals surface area (Å²) in [6, 6.07) is 16.7. The zero-order valence-electron chi connectivity index (χ0n) is 11.1. The van der Waals surface area contributed by atoms with Crippen molar-refractivity contribution < 1.29 is 4.42 Å². The molecule has 2 aromatic carbocycles. The van der Waals surface area contributed by atoms with Crippen LogP contribution in [0.5, 0.6) is 0 Å². The Morgan fingerprint density at radius 2 is 1.70 bits per heavy atom. The third-order valence-electron chi connectivity index (χ3n) is 3.62. The molecule has 2 heteroatoms. The lowest BCUT2D eigenvalue weighted by Gasteiger charge is -2.03. The summed E-state index contributed by atoms with van der Waals surface area (Å²) in [5.41, 5.74) is 5.49. The lowest BCUT2D eigenvalue weighted by Crippen LogP contribution is -1.79. The van der Waals surface area contributed by atoms with E-state index in [2.05, 4.69) is 48.3 Å². The highest BCUT2D eigenvalue weighted by atomic mass is 16.3. The van der Waals surface area contributed by atoms with Gasteiger partial charge in [0.15, 0.2) is 0 Å². The molecule has 4 aromatic rings. The van der Waals surface area contributed by atoms with Crippen molar-refractivity contribution in [2.75, 3.05) is 0 Å². The molecule has 96 valence electrons. The van der Waals surface area contributed by atoms with E-state index in [1.54, 1.807) is 6.20 Å². The molecule has 0 aliphatic heterocycles. The van der Waals surface area contributed by atoms with Gasteiger partial charge in [-0.3, -0.25) is 4.98 Å². The summed E-state index contributed by atoms with van der Waals surface area (Å²) in [5, 5.41) is 2.18. The summed E-state index contributed by atoms with van der Waals surface area (Å²) in [5.74, 6) is 0. The minimum absolute atomic E-state index is 0.886. The van der Waals surface area contributed by atoms with E-state index in [-0.39, 0.29) is 0 Å². The third kappa shape index (κ3) is 1.69. The van der Waals surface area contributed by atoms with Crippen LogP contribution in [-0.2, 0) is 0 Å². The summed E-state index contributed by atoms with van der Waals surface area (Å²) in [7, 11) is 0. The van der Waals surface area contributed by atoms with Gasteiger partial charge in [-0.1, -0.05) is 35.9 Å².